The molecule has 0 aliphatic heterocycles. The van der Waals surface area contributed by atoms with Gasteiger partial charge in [0.1, 0.15) is 6.26 Å². The minimum absolute atomic E-state index is 0.142. The zero-order valence-electron chi connectivity index (χ0n) is 15.1. The van der Waals surface area contributed by atoms with Crippen molar-refractivity contribution >= 4 is 23.0 Å². The molecule has 4 rings (SSSR count). The summed E-state index contributed by atoms with van der Waals surface area (Å²) in [6.45, 7) is 0. The fourth-order valence-electron chi connectivity index (χ4n) is 2.80. The van der Waals surface area contributed by atoms with Crippen LogP contribution in [0.15, 0.2) is 95.6 Å². The topological polar surface area (TPSA) is 67.2 Å². The molecule has 0 atom stereocenters. The van der Waals surface area contributed by atoms with E-state index in [1.807, 2.05) is 84.9 Å². The van der Waals surface area contributed by atoms with Gasteiger partial charge in [0.15, 0.2) is 0 Å². The number of rotatable bonds is 6. The number of carbonyl (C=O) groups is 1. The van der Waals surface area contributed by atoms with Crippen LogP contribution in [0.1, 0.15) is 5.69 Å². The van der Waals surface area contributed by atoms with E-state index in [2.05, 4.69) is 15.6 Å². The molecule has 1 heterocycles. The van der Waals surface area contributed by atoms with Gasteiger partial charge in [-0.15, -0.1) is 0 Å². The molecular weight excluding hydrogens is 350 g/mol. The van der Waals surface area contributed by atoms with Crippen molar-refractivity contribution in [3.8, 4) is 11.5 Å². The van der Waals surface area contributed by atoms with Crippen LogP contribution < -0.4 is 10.6 Å². The average Bonchev–Trinajstić information content (AvgIpc) is 3.19. The lowest BCUT2D eigenvalue weighted by atomic mass is 10.2. The van der Waals surface area contributed by atoms with Crippen LogP contribution in [0.2, 0.25) is 0 Å². The normalized spacial score (nSPS) is 10.4. The largest absolute Gasteiger partial charge is 0.444 e. The van der Waals surface area contributed by atoms with Gasteiger partial charge < -0.3 is 15.1 Å². The molecule has 5 heteroatoms. The Labute approximate surface area is 163 Å². The van der Waals surface area contributed by atoms with Gasteiger partial charge in [-0.3, -0.25) is 4.79 Å². The molecule has 138 valence electrons. The van der Waals surface area contributed by atoms with Crippen molar-refractivity contribution in [2.24, 2.45) is 0 Å². The van der Waals surface area contributed by atoms with E-state index in [9.17, 15) is 4.79 Å². The number of aromatic nitrogens is 1. The summed E-state index contributed by atoms with van der Waals surface area (Å²) in [7, 11) is 0. The van der Waals surface area contributed by atoms with Gasteiger partial charge in [-0.1, -0.05) is 36.4 Å². The zero-order chi connectivity index (χ0) is 19.2. The van der Waals surface area contributed by atoms with E-state index >= 15 is 0 Å². The molecule has 4 aromatic rings. The lowest BCUT2D eigenvalue weighted by Gasteiger charge is -2.08. The third kappa shape index (κ3) is 4.45. The molecule has 0 aliphatic rings. The lowest BCUT2D eigenvalue weighted by molar-refractivity contribution is -0.115. The van der Waals surface area contributed by atoms with Crippen LogP contribution in [0.25, 0.3) is 11.5 Å². The van der Waals surface area contributed by atoms with Crippen LogP contribution in [0.3, 0.4) is 0 Å². The number of anilines is 3. The first-order chi connectivity index (χ1) is 13.8. The second-order valence-corrected chi connectivity index (χ2v) is 6.30. The minimum atomic E-state index is -0.142. The fourth-order valence-corrected chi connectivity index (χ4v) is 2.80. The van der Waals surface area contributed by atoms with E-state index in [1.54, 1.807) is 0 Å². The summed E-state index contributed by atoms with van der Waals surface area (Å²) in [5.41, 5.74) is 4.18. The molecule has 5 nitrogen and oxygen atoms in total. The first-order valence-electron chi connectivity index (χ1n) is 8.98. The van der Waals surface area contributed by atoms with Gasteiger partial charge in [-0.25, -0.2) is 4.98 Å². The van der Waals surface area contributed by atoms with Crippen LogP contribution in [0.4, 0.5) is 17.1 Å². The molecule has 0 aliphatic carbocycles. The number of para-hydroxylation sites is 1. The number of nitrogens with zero attached hydrogens (tertiary/aromatic N) is 1. The smallest absolute Gasteiger partial charge is 0.230 e. The SMILES string of the molecule is O=C(Cc1coc(-c2ccccc2)n1)Nc1ccc(Nc2ccccc2)cc1. The van der Waals surface area contributed by atoms with Crippen LogP contribution in [-0.2, 0) is 11.2 Å². The molecule has 3 aromatic carbocycles. The molecule has 0 bridgehead atoms. The van der Waals surface area contributed by atoms with E-state index < -0.39 is 0 Å². The van der Waals surface area contributed by atoms with Crippen LogP contribution in [0.5, 0.6) is 0 Å². The van der Waals surface area contributed by atoms with Gasteiger partial charge in [0.05, 0.1) is 12.1 Å². The molecule has 0 spiro atoms. The van der Waals surface area contributed by atoms with Crippen LogP contribution >= 0.6 is 0 Å². The Hall–Kier alpha value is -3.86. The molecule has 0 radical (unpaired) electrons. The summed E-state index contributed by atoms with van der Waals surface area (Å²) in [6.07, 6.45) is 1.68. The number of nitrogens with one attached hydrogen (secondary N) is 2. The maximum Gasteiger partial charge on any atom is 0.230 e. The first-order valence-corrected chi connectivity index (χ1v) is 8.98. The highest BCUT2D eigenvalue weighted by Crippen LogP contribution is 2.20. The zero-order valence-corrected chi connectivity index (χ0v) is 15.1. The Morgan fingerprint density at radius 3 is 2.11 bits per heavy atom. The van der Waals surface area contributed by atoms with Crippen molar-refractivity contribution < 1.29 is 9.21 Å². The molecule has 0 fully saturated rings. The summed E-state index contributed by atoms with van der Waals surface area (Å²) in [4.78, 5) is 16.7. The Morgan fingerprint density at radius 1 is 0.786 bits per heavy atom. The van der Waals surface area contributed by atoms with E-state index in [-0.39, 0.29) is 12.3 Å². The van der Waals surface area contributed by atoms with E-state index in [4.69, 9.17) is 4.42 Å². The van der Waals surface area contributed by atoms with Crippen molar-refractivity contribution in [2.45, 2.75) is 6.42 Å². The van der Waals surface area contributed by atoms with Crippen molar-refractivity contribution in [1.82, 2.24) is 4.98 Å². The third-order valence-electron chi connectivity index (χ3n) is 4.15. The van der Waals surface area contributed by atoms with Gasteiger partial charge >= 0.3 is 0 Å². The summed E-state index contributed by atoms with van der Waals surface area (Å²) >= 11 is 0. The Morgan fingerprint density at radius 2 is 1.39 bits per heavy atom. The molecule has 0 saturated heterocycles. The number of benzene rings is 3. The number of carbonyl (C=O) groups excluding carboxylic acids is 1. The summed E-state index contributed by atoms with van der Waals surface area (Å²) in [5.74, 6) is 0.372. The minimum Gasteiger partial charge on any atom is -0.444 e. The Kier molecular flexibility index (Phi) is 5.15. The summed E-state index contributed by atoms with van der Waals surface area (Å²) in [6, 6.07) is 27.1. The third-order valence-corrected chi connectivity index (χ3v) is 4.15. The van der Waals surface area contributed by atoms with Gasteiger partial charge in [-0.05, 0) is 48.5 Å². The molecule has 1 amide bonds. The monoisotopic (exact) mass is 369 g/mol. The van der Waals surface area contributed by atoms with Crippen molar-refractivity contribution in [2.75, 3.05) is 10.6 Å². The highest BCUT2D eigenvalue weighted by molar-refractivity contribution is 5.92. The molecule has 0 saturated carbocycles. The number of amides is 1. The highest BCUT2D eigenvalue weighted by Gasteiger charge is 2.10. The average molecular weight is 369 g/mol. The number of hydrogen-bond donors (Lipinski definition) is 2. The molecule has 0 unspecified atom stereocenters. The maximum absolute atomic E-state index is 12.3. The van der Waals surface area contributed by atoms with Crippen molar-refractivity contribution in [1.29, 1.82) is 0 Å². The van der Waals surface area contributed by atoms with Gasteiger partial charge in [0.2, 0.25) is 11.8 Å². The quantitative estimate of drug-likeness (QED) is 0.486. The number of oxazole rings is 1. The predicted octanol–water partition coefficient (Wildman–Crippen LogP) is 5.27. The van der Waals surface area contributed by atoms with Gasteiger partial charge in [0.25, 0.3) is 0 Å². The summed E-state index contributed by atoms with van der Waals surface area (Å²) in [5, 5.41) is 6.19. The maximum atomic E-state index is 12.3. The van der Waals surface area contributed by atoms with E-state index in [0.29, 0.717) is 11.6 Å². The highest BCUT2D eigenvalue weighted by atomic mass is 16.3. The first kappa shape index (κ1) is 17.5. The van der Waals surface area contributed by atoms with Crippen LogP contribution in [-0.4, -0.2) is 10.9 Å². The van der Waals surface area contributed by atoms with Crippen molar-refractivity contribution in [3.05, 3.63) is 96.9 Å². The standard InChI is InChI=1S/C23H19N3O2/c27-22(15-21-16-28-23(26-21)17-7-3-1-4-8-17)25-20-13-11-19(12-14-20)24-18-9-5-2-6-10-18/h1-14,16,24H,15H2,(H,25,27). The van der Waals surface area contributed by atoms with Gasteiger partial charge in [-0.2, -0.15) is 0 Å². The van der Waals surface area contributed by atoms with Crippen molar-refractivity contribution in [3.63, 3.8) is 0 Å². The van der Waals surface area contributed by atoms with E-state index in [1.165, 1.54) is 6.26 Å². The summed E-state index contributed by atoms with van der Waals surface area (Å²) < 4.78 is 5.47. The Bertz CT molecular complexity index is 1040. The number of hydrogen-bond acceptors (Lipinski definition) is 4. The second kappa shape index (κ2) is 8.22. The molecule has 1 aromatic heterocycles. The fraction of sp³-hybridized carbons (Fsp3) is 0.0435. The van der Waals surface area contributed by atoms with E-state index in [0.717, 1.165) is 22.6 Å². The molecule has 28 heavy (non-hydrogen) atoms. The van der Waals surface area contributed by atoms with Gasteiger partial charge in [0, 0.05) is 22.6 Å². The molecular formula is C23H19N3O2. The predicted molar refractivity (Wildman–Crippen MR) is 110 cm³/mol. The van der Waals surface area contributed by atoms with Crippen LogP contribution in [0, 0.1) is 0 Å². The second-order valence-electron chi connectivity index (χ2n) is 6.30. The lowest BCUT2D eigenvalue weighted by Crippen LogP contribution is -2.14. The Balaban J connectivity index is 1.34. The molecule has 2 N–H and O–H groups in total.